The van der Waals surface area contributed by atoms with E-state index in [2.05, 4.69) is 18.5 Å². The summed E-state index contributed by atoms with van der Waals surface area (Å²) in [5.74, 6) is 1.18. The fourth-order valence-corrected chi connectivity index (χ4v) is 1.88. The second kappa shape index (κ2) is 8.44. The molecule has 0 aliphatic heterocycles. The summed E-state index contributed by atoms with van der Waals surface area (Å²) in [6, 6.07) is 14.1. The Hall–Kier alpha value is -3.01. The molecule has 0 bridgehead atoms. The fourth-order valence-electron chi connectivity index (χ4n) is 1.88. The van der Waals surface area contributed by atoms with E-state index in [0.717, 1.165) is 0 Å². The molecule has 23 heavy (non-hydrogen) atoms. The monoisotopic (exact) mass is 309 g/mol. The molecule has 4 nitrogen and oxygen atoms in total. The van der Waals surface area contributed by atoms with Gasteiger partial charge in [0.15, 0.2) is 0 Å². The van der Waals surface area contributed by atoms with Crippen molar-refractivity contribution in [1.29, 1.82) is 0 Å². The van der Waals surface area contributed by atoms with Crippen LogP contribution in [0.5, 0.6) is 11.5 Å². The SMILES string of the molecule is C=CCOc1ccc(C(=O)Nc2cccc(OCC=C)c2)cc1. The lowest BCUT2D eigenvalue weighted by molar-refractivity contribution is 0.102. The number of hydrogen-bond acceptors (Lipinski definition) is 3. The molecule has 0 radical (unpaired) electrons. The fraction of sp³-hybridized carbons (Fsp3) is 0.105. The Morgan fingerprint density at radius 2 is 1.61 bits per heavy atom. The molecule has 1 amide bonds. The van der Waals surface area contributed by atoms with E-state index in [1.165, 1.54) is 0 Å². The molecule has 118 valence electrons. The highest BCUT2D eigenvalue weighted by Crippen LogP contribution is 2.19. The van der Waals surface area contributed by atoms with Crippen LogP contribution >= 0.6 is 0 Å². The second-order valence-electron chi connectivity index (χ2n) is 4.71. The van der Waals surface area contributed by atoms with E-state index < -0.39 is 0 Å². The van der Waals surface area contributed by atoms with Gasteiger partial charge in [-0.25, -0.2) is 0 Å². The first-order chi connectivity index (χ1) is 11.2. The number of ether oxygens (including phenoxy) is 2. The van der Waals surface area contributed by atoms with Crippen LogP contribution in [0.15, 0.2) is 73.8 Å². The number of nitrogens with one attached hydrogen (secondary N) is 1. The molecule has 1 N–H and O–H groups in total. The molecule has 2 aromatic carbocycles. The van der Waals surface area contributed by atoms with Crippen molar-refractivity contribution in [3.05, 3.63) is 79.4 Å². The molecule has 2 aromatic rings. The third-order valence-corrected chi connectivity index (χ3v) is 2.94. The van der Waals surface area contributed by atoms with Gasteiger partial charge in [-0.2, -0.15) is 0 Å². The third-order valence-electron chi connectivity index (χ3n) is 2.94. The van der Waals surface area contributed by atoms with Crippen LogP contribution in [0.2, 0.25) is 0 Å². The van der Waals surface area contributed by atoms with Crippen LogP contribution in [-0.4, -0.2) is 19.1 Å². The van der Waals surface area contributed by atoms with Gasteiger partial charge in [0.1, 0.15) is 24.7 Å². The van der Waals surface area contributed by atoms with Crippen molar-refractivity contribution in [2.75, 3.05) is 18.5 Å². The largest absolute Gasteiger partial charge is 0.490 e. The van der Waals surface area contributed by atoms with E-state index in [0.29, 0.717) is 36.0 Å². The van der Waals surface area contributed by atoms with Gasteiger partial charge >= 0.3 is 0 Å². The minimum Gasteiger partial charge on any atom is -0.490 e. The molecule has 0 fully saturated rings. The average molecular weight is 309 g/mol. The van der Waals surface area contributed by atoms with Crippen LogP contribution < -0.4 is 14.8 Å². The topological polar surface area (TPSA) is 47.6 Å². The highest BCUT2D eigenvalue weighted by atomic mass is 16.5. The quantitative estimate of drug-likeness (QED) is 0.748. The number of rotatable bonds is 8. The zero-order chi connectivity index (χ0) is 16.5. The van der Waals surface area contributed by atoms with Crippen molar-refractivity contribution in [3.8, 4) is 11.5 Å². The summed E-state index contributed by atoms with van der Waals surface area (Å²) in [4.78, 5) is 12.2. The van der Waals surface area contributed by atoms with E-state index in [9.17, 15) is 4.79 Å². The van der Waals surface area contributed by atoms with Gasteiger partial charge in [0, 0.05) is 17.3 Å². The Bertz CT molecular complexity index is 677. The summed E-state index contributed by atoms with van der Waals surface area (Å²) in [5.41, 5.74) is 1.22. The molecule has 0 aromatic heterocycles. The molecular weight excluding hydrogens is 290 g/mol. The lowest BCUT2D eigenvalue weighted by Gasteiger charge is -2.09. The van der Waals surface area contributed by atoms with Crippen molar-refractivity contribution < 1.29 is 14.3 Å². The molecule has 0 heterocycles. The van der Waals surface area contributed by atoms with E-state index in [4.69, 9.17) is 9.47 Å². The molecule has 0 aliphatic carbocycles. The minimum absolute atomic E-state index is 0.193. The second-order valence-corrected chi connectivity index (χ2v) is 4.71. The van der Waals surface area contributed by atoms with E-state index >= 15 is 0 Å². The molecule has 0 aliphatic rings. The normalized spacial score (nSPS) is 9.74. The van der Waals surface area contributed by atoms with Crippen molar-refractivity contribution >= 4 is 11.6 Å². The summed E-state index contributed by atoms with van der Waals surface area (Å²) in [7, 11) is 0. The van der Waals surface area contributed by atoms with Crippen molar-refractivity contribution in [3.63, 3.8) is 0 Å². The molecule has 0 unspecified atom stereocenters. The molecular formula is C19H19NO3. The first-order valence-electron chi connectivity index (χ1n) is 7.22. The van der Waals surface area contributed by atoms with Gasteiger partial charge in [-0.3, -0.25) is 4.79 Å². The number of hydrogen-bond donors (Lipinski definition) is 1. The first-order valence-corrected chi connectivity index (χ1v) is 7.22. The van der Waals surface area contributed by atoms with Crippen molar-refractivity contribution in [1.82, 2.24) is 0 Å². The van der Waals surface area contributed by atoms with Crippen molar-refractivity contribution in [2.24, 2.45) is 0 Å². The lowest BCUT2D eigenvalue weighted by atomic mass is 10.2. The van der Waals surface area contributed by atoms with E-state index in [1.807, 2.05) is 12.1 Å². The summed E-state index contributed by atoms with van der Waals surface area (Å²) < 4.78 is 10.8. The maximum atomic E-state index is 12.2. The summed E-state index contributed by atoms with van der Waals surface area (Å²) in [6.07, 6.45) is 3.34. The van der Waals surface area contributed by atoms with E-state index in [-0.39, 0.29) is 5.91 Å². The van der Waals surface area contributed by atoms with Crippen LogP contribution in [0.1, 0.15) is 10.4 Å². The highest BCUT2D eigenvalue weighted by Gasteiger charge is 2.07. The Morgan fingerprint density at radius 3 is 2.26 bits per heavy atom. The Labute approximate surface area is 136 Å². The van der Waals surface area contributed by atoms with Gasteiger partial charge in [0.25, 0.3) is 5.91 Å². The van der Waals surface area contributed by atoms with Gasteiger partial charge in [0.2, 0.25) is 0 Å². The minimum atomic E-state index is -0.193. The molecule has 4 heteroatoms. The molecule has 0 saturated heterocycles. The third kappa shape index (κ3) is 5.04. The predicted molar refractivity (Wildman–Crippen MR) is 92.2 cm³/mol. The Morgan fingerprint density at radius 1 is 0.957 bits per heavy atom. The Balaban J connectivity index is 2.00. The summed E-state index contributed by atoms with van der Waals surface area (Å²) >= 11 is 0. The van der Waals surface area contributed by atoms with Gasteiger partial charge in [-0.15, -0.1) is 0 Å². The van der Waals surface area contributed by atoms with Crippen LogP contribution in [0.3, 0.4) is 0 Å². The number of benzene rings is 2. The Kier molecular flexibility index (Phi) is 6.00. The first kappa shape index (κ1) is 16.4. The average Bonchev–Trinajstić information content (AvgIpc) is 2.59. The van der Waals surface area contributed by atoms with Gasteiger partial charge in [0.05, 0.1) is 0 Å². The van der Waals surface area contributed by atoms with Crippen LogP contribution in [0, 0.1) is 0 Å². The molecule has 2 rings (SSSR count). The van der Waals surface area contributed by atoms with Gasteiger partial charge in [-0.05, 0) is 36.4 Å². The number of carbonyl (C=O) groups is 1. The smallest absolute Gasteiger partial charge is 0.255 e. The molecule has 0 saturated carbocycles. The summed E-state index contributed by atoms with van der Waals surface area (Å²) in [6.45, 7) is 8.04. The highest BCUT2D eigenvalue weighted by molar-refractivity contribution is 6.04. The van der Waals surface area contributed by atoms with Gasteiger partial charge in [-0.1, -0.05) is 31.4 Å². The van der Waals surface area contributed by atoms with E-state index in [1.54, 1.807) is 48.6 Å². The van der Waals surface area contributed by atoms with Crippen LogP contribution in [0.25, 0.3) is 0 Å². The molecule has 0 atom stereocenters. The number of carbonyl (C=O) groups excluding carboxylic acids is 1. The lowest BCUT2D eigenvalue weighted by Crippen LogP contribution is -2.11. The van der Waals surface area contributed by atoms with Crippen LogP contribution in [0.4, 0.5) is 5.69 Å². The molecule has 0 spiro atoms. The standard InChI is InChI=1S/C19H19NO3/c1-3-12-22-17-10-8-15(9-11-17)19(21)20-16-6-5-7-18(14-16)23-13-4-2/h3-11,14H,1-2,12-13H2,(H,20,21). The van der Waals surface area contributed by atoms with Gasteiger partial charge < -0.3 is 14.8 Å². The maximum Gasteiger partial charge on any atom is 0.255 e. The summed E-state index contributed by atoms with van der Waals surface area (Å²) in [5, 5.41) is 2.84. The zero-order valence-corrected chi connectivity index (χ0v) is 12.8. The maximum absolute atomic E-state index is 12.2. The predicted octanol–water partition coefficient (Wildman–Crippen LogP) is 4.07. The number of anilines is 1. The van der Waals surface area contributed by atoms with Crippen molar-refractivity contribution in [2.45, 2.75) is 0 Å². The zero-order valence-electron chi connectivity index (χ0n) is 12.8. The number of amides is 1. The van der Waals surface area contributed by atoms with Crippen LogP contribution in [-0.2, 0) is 0 Å².